The van der Waals surface area contributed by atoms with E-state index in [1.54, 1.807) is 18.0 Å². The van der Waals surface area contributed by atoms with E-state index in [0.717, 1.165) is 38.3 Å². The van der Waals surface area contributed by atoms with Crippen molar-refractivity contribution in [1.82, 2.24) is 14.7 Å². The molecule has 6 heteroatoms. The second kappa shape index (κ2) is 9.64. The zero-order valence-corrected chi connectivity index (χ0v) is 17.0. The first-order valence-electron chi connectivity index (χ1n) is 9.91. The van der Waals surface area contributed by atoms with Gasteiger partial charge in [0.1, 0.15) is 5.82 Å². The zero-order valence-electron chi connectivity index (χ0n) is 17.0. The number of rotatable bonds is 6. The molecule has 29 heavy (non-hydrogen) atoms. The van der Waals surface area contributed by atoms with Gasteiger partial charge in [-0.05, 0) is 42.3 Å². The zero-order chi connectivity index (χ0) is 20.8. The van der Waals surface area contributed by atoms with Crippen LogP contribution in [0.5, 0.6) is 0 Å². The fourth-order valence-corrected chi connectivity index (χ4v) is 3.71. The van der Waals surface area contributed by atoms with Gasteiger partial charge in [0.2, 0.25) is 5.91 Å². The normalized spacial score (nSPS) is 16.2. The van der Waals surface area contributed by atoms with Crippen LogP contribution in [0.15, 0.2) is 48.5 Å². The number of piperazine rings is 1. The van der Waals surface area contributed by atoms with E-state index in [1.165, 1.54) is 17.7 Å². The summed E-state index contributed by atoms with van der Waals surface area (Å²) in [6.45, 7) is 6.64. The van der Waals surface area contributed by atoms with Crippen LogP contribution in [-0.4, -0.2) is 59.9 Å². The van der Waals surface area contributed by atoms with Crippen molar-refractivity contribution in [2.45, 2.75) is 26.1 Å². The molecule has 0 unspecified atom stereocenters. The van der Waals surface area contributed by atoms with E-state index in [2.05, 4.69) is 15.9 Å². The van der Waals surface area contributed by atoms with Gasteiger partial charge in [-0.2, -0.15) is 5.26 Å². The summed E-state index contributed by atoms with van der Waals surface area (Å²) < 4.78 is 13.4. The molecule has 0 saturated carbocycles. The summed E-state index contributed by atoms with van der Waals surface area (Å²) in [7, 11) is 1.77. The predicted octanol–water partition coefficient (Wildman–Crippen LogP) is 2.86. The number of likely N-dealkylation sites (N-methyl/N-ethyl adjacent to an activating group) is 1. The lowest BCUT2D eigenvalue weighted by Gasteiger charge is -2.38. The first-order chi connectivity index (χ1) is 14.0. The quantitative estimate of drug-likeness (QED) is 0.756. The SMILES string of the molecule is C[C@H](C(=O)N(C)Cc1cccc(F)c1)N1CCN(Cc2ccc(C#N)cc2)CC1. The minimum Gasteiger partial charge on any atom is -0.340 e. The van der Waals surface area contributed by atoms with E-state index < -0.39 is 0 Å². The predicted molar refractivity (Wildman–Crippen MR) is 110 cm³/mol. The second-order valence-corrected chi connectivity index (χ2v) is 7.62. The van der Waals surface area contributed by atoms with Crippen molar-refractivity contribution in [2.75, 3.05) is 33.2 Å². The second-order valence-electron chi connectivity index (χ2n) is 7.62. The summed E-state index contributed by atoms with van der Waals surface area (Å²) in [5.41, 5.74) is 2.66. The molecule has 1 amide bonds. The Labute approximate surface area is 171 Å². The number of hydrogen-bond acceptors (Lipinski definition) is 4. The van der Waals surface area contributed by atoms with Gasteiger partial charge >= 0.3 is 0 Å². The molecule has 0 aliphatic carbocycles. The Bertz CT molecular complexity index is 869. The van der Waals surface area contributed by atoms with Crippen molar-refractivity contribution < 1.29 is 9.18 Å². The van der Waals surface area contributed by atoms with E-state index in [0.29, 0.717) is 12.1 Å². The maximum absolute atomic E-state index is 13.4. The molecule has 5 nitrogen and oxygen atoms in total. The van der Waals surface area contributed by atoms with Gasteiger partial charge in [-0.1, -0.05) is 24.3 Å². The standard InChI is InChI=1S/C23H27FN4O/c1-18(23(29)26(2)16-21-4-3-5-22(24)14-21)28-12-10-27(11-13-28)17-20-8-6-19(15-25)7-9-20/h3-9,14,18H,10-13,16-17H2,1-2H3/t18-/m1/s1. The van der Waals surface area contributed by atoms with Gasteiger partial charge in [-0.25, -0.2) is 4.39 Å². The molecular formula is C23H27FN4O. The van der Waals surface area contributed by atoms with Crippen LogP contribution in [0.4, 0.5) is 4.39 Å². The van der Waals surface area contributed by atoms with Gasteiger partial charge in [-0.3, -0.25) is 14.6 Å². The lowest BCUT2D eigenvalue weighted by molar-refractivity contribution is -0.136. The van der Waals surface area contributed by atoms with E-state index in [-0.39, 0.29) is 17.8 Å². The third-order valence-corrected chi connectivity index (χ3v) is 5.49. The number of hydrogen-bond donors (Lipinski definition) is 0. The van der Waals surface area contributed by atoms with Gasteiger partial charge in [0.15, 0.2) is 0 Å². The Kier molecular flexibility index (Phi) is 6.97. The maximum atomic E-state index is 13.4. The average Bonchev–Trinajstić information content (AvgIpc) is 2.74. The minimum absolute atomic E-state index is 0.0507. The van der Waals surface area contributed by atoms with Crippen LogP contribution in [0.25, 0.3) is 0 Å². The summed E-state index contributed by atoms with van der Waals surface area (Å²) >= 11 is 0. The third-order valence-electron chi connectivity index (χ3n) is 5.49. The number of nitriles is 1. The highest BCUT2D eigenvalue weighted by Crippen LogP contribution is 2.14. The molecule has 2 aromatic rings. The molecule has 0 spiro atoms. The number of nitrogens with zero attached hydrogens (tertiary/aromatic N) is 4. The monoisotopic (exact) mass is 394 g/mol. The van der Waals surface area contributed by atoms with Crippen molar-refractivity contribution in [2.24, 2.45) is 0 Å². The van der Waals surface area contributed by atoms with Crippen LogP contribution in [0.1, 0.15) is 23.6 Å². The summed E-state index contributed by atoms with van der Waals surface area (Å²) in [5.74, 6) is -0.232. The maximum Gasteiger partial charge on any atom is 0.239 e. The van der Waals surface area contributed by atoms with Gasteiger partial charge < -0.3 is 4.90 Å². The molecular weight excluding hydrogens is 367 g/mol. The first kappa shape index (κ1) is 21.0. The van der Waals surface area contributed by atoms with E-state index in [4.69, 9.17) is 5.26 Å². The van der Waals surface area contributed by atoms with Crippen molar-refractivity contribution in [1.29, 1.82) is 5.26 Å². The van der Waals surface area contributed by atoms with E-state index >= 15 is 0 Å². The summed E-state index contributed by atoms with van der Waals surface area (Å²) in [6, 6.07) is 16.0. The van der Waals surface area contributed by atoms with Crippen molar-refractivity contribution in [3.63, 3.8) is 0 Å². The van der Waals surface area contributed by atoms with E-state index in [1.807, 2.05) is 37.3 Å². The molecule has 1 heterocycles. The smallest absolute Gasteiger partial charge is 0.239 e. The van der Waals surface area contributed by atoms with Crippen LogP contribution >= 0.6 is 0 Å². The molecule has 0 aromatic heterocycles. The first-order valence-corrected chi connectivity index (χ1v) is 9.91. The molecule has 1 aliphatic heterocycles. The molecule has 1 aliphatic rings. The Hall–Kier alpha value is -2.75. The van der Waals surface area contributed by atoms with Crippen LogP contribution in [-0.2, 0) is 17.9 Å². The Balaban J connectivity index is 1.48. The number of benzene rings is 2. The highest BCUT2D eigenvalue weighted by molar-refractivity contribution is 5.81. The fraction of sp³-hybridized carbons (Fsp3) is 0.391. The van der Waals surface area contributed by atoms with Crippen molar-refractivity contribution in [3.05, 3.63) is 71.0 Å². The Morgan fingerprint density at radius 2 is 1.83 bits per heavy atom. The topological polar surface area (TPSA) is 50.6 Å². The van der Waals surface area contributed by atoms with Crippen LogP contribution in [0.3, 0.4) is 0 Å². The number of amides is 1. The highest BCUT2D eigenvalue weighted by atomic mass is 19.1. The van der Waals surface area contributed by atoms with E-state index in [9.17, 15) is 9.18 Å². The number of carbonyl (C=O) groups excluding carboxylic acids is 1. The van der Waals surface area contributed by atoms with Gasteiger partial charge in [-0.15, -0.1) is 0 Å². The van der Waals surface area contributed by atoms with Gasteiger partial charge in [0, 0.05) is 46.3 Å². The summed E-state index contributed by atoms with van der Waals surface area (Å²) in [4.78, 5) is 19.1. The number of carbonyl (C=O) groups is 1. The average molecular weight is 394 g/mol. The highest BCUT2D eigenvalue weighted by Gasteiger charge is 2.27. The lowest BCUT2D eigenvalue weighted by atomic mass is 10.1. The van der Waals surface area contributed by atoms with Crippen molar-refractivity contribution in [3.8, 4) is 6.07 Å². The minimum atomic E-state index is -0.283. The summed E-state index contributed by atoms with van der Waals surface area (Å²) in [5, 5.41) is 8.90. The lowest BCUT2D eigenvalue weighted by Crippen LogP contribution is -2.53. The van der Waals surface area contributed by atoms with Crippen LogP contribution in [0, 0.1) is 17.1 Å². The van der Waals surface area contributed by atoms with Gasteiger partial charge in [0.05, 0.1) is 17.7 Å². The molecule has 1 saturated heterocycles. The van der Waals surface area contributed by atoms with Crippen molar-refractivity contribution >= 4 is 5.91 Å². The largest absolute Gasteiger partial charge is 0.340 e. The number of halogens is 1. The Morgan fingerprint density at radius 3 is 2.45 bits per heavy atom. The van der Waals surface area contributed by atoms with Gasteiger partial charge in [0.25, 0.3) is 0 Å². The van der Waals surface area contributed by atoms with Crippen LogP contribution < -0.4 is 0 Å². The molecule has 0 N–H and O–H groups in total. The molecule has 0 radical (unpaired) electrons. The molecule has 0 bridgehead atoms. The molecule has 2 aromatic carbocycles. The molecule has 3 rings (SSSR count). The van der Waals surface area contributed by atoms with Crippen LogP contribution in [0.2, 0.25) is 0 Å². The Morgan fingerprint density at radius 1 is 1.14 bits per heavy atom. The molecule has 152 valence electrons. The third kappa shape index (κ3) is 5.63. The molecule has 1 atom stereocenters. The fourth-order valence-electron chi connectivity index (χ4n) is 3.71. The molecule has 1 fully saturated rings. The summed E-state index contributed by atoms with van der Waals surface area (Å²) in [6.07, 6.45) is 0.